The molecule has 0 saturated heterocycles. The van der Waals surface area contributed by atoms with Crippen LogP contribution in [0.5, 0.6) is 5.75 Å². The van der Waals surface area contributed by atoms with Crippen molar-refractivity contribution in [2.45, 2.75) is 19.5 Å². The Bertz CT molecular complexity index is 808. The maximum absolute atomic E-state index is 13.7. The molecule has 21 heavy (non-hydrogen) atoms. The van der Waals surface area contributed by atoms with Gasteiger partial charge in [0.2, 0.25) is 0 Å². The lowest BCUT2D eigenvalue weighted by molar-refractivity contribution is 0.387. The molecule has 0 atom stereocenters. The van der Waals surface area contributed by atoms with E-state index in [0.29, 0.717) is 16.8 Å². The van der Waals surface area contributed by atoms with E-state index in [1.165, 1.54) is 13.2 Å². The lowest BCUT2D eigenvalue weighted by Crippen LogP contribution is -2.05. The van der Waals surface area contributed by atoms with E-state index in [9.17, 15) is 4.39 Å². The quantitative estimate of drug-likeness (QED) is 0.736. The number of aromatic amines is 1. The molecule has 0 bridgehead atoms. The van der Waals surface area contributed by atoms with E-state index in [0.717, 1.165) is 18.5 Å². The van der Waals surface area contributed by atoms with Gasteiger partial charge in [-0.15, -0.1) is 5.10 Å². The summed E-state index contributed by atoms with van der Waals surface area (Å²) in [6, 6.07) is 3.06. The number of benzene rings is 1. The zero-order valence-electron chi connectivity index (χ0n) is 11.4. The molecule has 0 aliphatic heterocycles. The topological polar surface area (TPSA) is 60.7 Å². The average molecular weight is 307 g/mol. The minimum absolute atomic E-state index is 0.210. The first-order chi connectivity index (χ1) is 10.2. The maximum atomic E-state index is 13.7. The third kappa shape index (κ3) is 2.66. The fourth-order valence-electron chi connectivity index (χ4n) is 2.28. The Morgan fingerprint density at radius 1 is 1.38 bits per heavy atom. The van der Waals surface area contributed by atoms with Crippen LogP contribution in [0.1, 0.15) is 6.42 Å². The van der Waals surface area contributed by atoms with Crippen molar-refractivity contribution in [2.24, 2.45) is 0 Å². The number of H-pyrrole nitrogens is 1. The molecule has 0 aliphatic carbocycles. The van der Waals surface area contributed by atoms with Gasteiger partial charge in [-0.25, -0.2) is 4.39 Å². The molecular formula is C13H14FN5OS. The van der Waals surface area contributed by atoms with Crippen LogP contribution in [0.4, 0.5) is 4.39 Å². The standard InChI is InChI=1S/C13H14FN5OS/c1-20-12-8-11-10(7-9(12)14)16-13(21)19(11)5-2-4-18-6-3-15-17-18/h3,6-8H,2,4-5H2,1H3,(H,16,21). The molecule has 6 nitrogen and oxygen atoms in total. The van der Waals surface area contributed by atoms with Crippen molar-refractivity contribution in [3.8, 4) is 5.75 Å². The van der Waals surface area contributed by atoms with Gasteiger partial charge in [-0.3, -0.25) is 4.68 Å². The van der Waals surface area contributed by atoms with E-state index < -0.39 is 5.82 Å². The van der Waals surface area contributed by atoms with E-state index in [1.54, 1.807) is 16.9 Å². The zero-order chi connectivity index (χ0) is 14.8. The third-order valence-electron chi connectivity index (χ3n) is 3.29. The minimum atomic E-state index is -0.406. The summed E-state index contributed by atoms with van der Waals surface area (Å²) in [7, 11) is 1.45. The Kier molecular flexibility index (Phi) is 3.70. The number of aryl methyl sites for hydroxylation is 2. The van der Waals surface area contributed by atoms with Gasteiger partial charge in [-0.05, 0) is 18.6 Å². The summed E-state index contributed by atoms with van der Waals surface area (Å²) in [6.07, 6.45) is 4.29. The van der Waals surface area contributed by atoms with Crippen molar-refractivity contribution >= 4 is 23.3 Å². The van der Waals surface area contributed by atoms with Gasteiger partial charge >= 0.3 is 0 Å². The van der Waals surface area contributed by atoms with Crippen LogP contribution in [0.2, 0.25) is 0 Å². The first-order valence-electron chi connectivity index (χ1n) is 6.49. The highest BCUT2D eigenvalue weighted by molar-refractivity contribution is 7.71. The number of nitrogens with zero attached hydrogens (tertiary/aromatic N) is 4. The van der Waals surface area contributed by atoms with Gasteiger partial charge in [-0.2, -0.15) is 0 Å². The molecule has 0 saturated carbocycles. The Balaban J connectivity index is 1.87. The summed E-state index contributed by atoms with van der Waals surface area (Å²) < 4.78 is 23.0. The summed E-state index contributed by atoms with van der Waals surface area (Å²) >= 11 is 5.30. The number of nitrogens with one attached hydrogen (secondary N) is 1. The highest BCUT2D eigenvalue weighted by atomic mass is 32.1. The molecule has 8 heteroatoms. The number of hydrogen-bond acceptors (Lipinski definition) is 4. The molecule has 0 amide bonds. The van der Waals surface area contributed by atoms with Crippen molar-refractivity contribution in [1.29, 1.82) is 0 Å². The van der Waals surface area contributed by atoms with Gasteiger partial charge in [0.15, 0.2) is 16.3 Å². The fraction of sp³-hybridized carbons (Fsp3) is 0.308. The van der Waals surface area contributed by atoms with Gasteiger partial charge in [0, 0.05) is 31.4 Å². The zero-order valence-corrected chi connectivity index (χ0v) is 12.2. The van der Waals surface area contributed by atoms with E-state index in [2.05, 4.69) is 15.3 Å². The van der Waals surface area contributed by atoms with Gasteiger partial charge in [0.25, 0.3) is 0 Å². The van der Waals surface area contributed by atoms with Gasteiger partial charge < -0.3 is 14.3 Å². The van der Waals surface area contributed by atoms with Crippen molar-refractivity contribution in [1.82, 2.24) is 24.5 Å². The Morgan fingerprint density at radius 2 is 2.24 bits per heavy atom. The lowest BCUT2D eigenvalue weighted by Gasteiger charge is -2.06. The Labute approximate surface area is 125 Å². The number of fused-ring (bicyclic) bond motifs is 1. The molecule has 0 aliphatic rings. The van der Waals surface area contributed by atoms with Crippen LogP contribution < -0.4 is 4.74 Å². The van der Waals surface area contributed by atoms with E-state index in [-0.39, 0.29) is 5.75 Å². The first kappa shape index (κ1) is 13.7. The van der Waals surface area contributed by atoms with Crippen LogP contribution in [-0.4, -0.2) is 31.7 Å². The summed E-state index contributed by atoms with van der Waals surface area (Å²) in [6.45, 7) is 1.44. The molecule has 2 aromatic heterocycles. The molecule has 3 aromatic rings. The normalized spacial score (nSPS) is 11.1. The maximum Gasteiger partial charge on any atom is 0.178 e. The predicted molar refractivity (Wildman–Crippen MR) is 78.3 cm³/mol. The summed E-state index contributed by atoms with van der Waals surface area (Å²) in [4.78, 5) is 3.01. The number of rotatable bonds is 5. The predicted octanol–water partition coefficient (Wildman–Crippen LogP) is 2.53. The average Bonchev–Trinajstić information content (AvgIpc) is 3.07. The van der Waals surface area contributed by atoms with Gasteiger partial charge in [0.05, 0.1) is 24.3 Å². The molecule has 0 spiro atoms. The first-order valence-corrected chi connectivity index (χ1v) is 6.90. The van der Waals surface area contributed by atoms with Crippen molar-refractivity contribution in [3.05, 3.63) is 35.1 Å². The van der Waals surface area contributed by atoms with E-state index in [4.69, 9.17) is 17.0 Å². The number of aromatic nitrogens is 5. The molecule has 3 rings (SSSR count). The van der Waals surface area contributed by atoms with Crippen LogP contribution in [0, 0.1) is 10.6 Å². The molecule has 110 valence electrons. The number of ether oxygens (including phenoxy) is 1. The number of hydrogen-bond donors (Lipinski definition) is 1. The monoisotopic (exact) mass is 307 g/mol. The van der Waals surface area contributed by atoms with Crippen LogP contribution >= 0.6 is 12.2 Å². The number of halogens is 1. The second-order valence-corrected chi connectivity index (χ2v) is 4.99. The molecule has 1 N–H and O–H groups in total. The number of imidazole rings is 1. The summed E-state index contributed by atoms with van der Waals surface area (Å²) in [5.74, 6) is -0.197. The summed E-state index contributed by atoms with van der Waals surface area (Å²) in [5.41, 5.74) is 1.50. The molecule has 2 heterocycles. The largest absolute Gasteiger partial charge is 0.494 e. The van der Waals surface area contributed by atoms with Crippen LogP contribution in [0.3, 0.4) is 0 Å². The van der Waals surface area contributed by atoms with E-state index in [1.807, 2.05) is 10.8 Å². The highest BCUT2D eigenvalue weighted by Crippen LogP contribution is 2.24. The van der Waals surface area contributed by atoms with Crippen LogP contribution in [-0.2, 0) is 13.1 Å². The lowest BCUT2D eigenvalue weighted by atomic mass is 10.2. The second kappa shape index (κ2) is 5.65. The highest BCUT2D eigenvalue weighted by Gasteiger charge is 2.10. The fourth-order valence-corrected chi connectivity index (χ4v) is 2.58. The molecular weight excluding hydrogens is 293 g/mol. The molecule has 0 unspecified atom stereocenters. The SMILES string of the molecule is COc1cc2c(cc1F)[nH]c(=S)n2CCCn1ccnn1. The van der Waals surface area contributed by atoms with Crippen LogP contribution in [0.15, 0.2) is 24.5 Å². The third-order valence-corrected chi connectivity index (χ3v) is 3.61. The molecule has 0 radical (unpaired) electrons. The van der Waals surface area contributed by atoms with Gasteiger partial charge in [0.1, 0.15) is 0 Å². The Morgan fingerprint density at radius 3 is 2.95 bits per heavy atom. The minimum Gasteiger partial charge on any atom is -0.494 e. The smallest absolute Gasteiger partial charge is 0.178 e. The second-order valence-electron chi connectivity index (χ2n) is 4.61. The summed E-state index contributed by atoms with van der Waals surface area (Å²) in [5, 5.41) is 7.67. The molecule has 1 aromatic carbocycles. The molecule has 0 fully saturated rings. The van der Waals surface area contributed by atoms with Crippen molar-refractivity contribution < 1.29 is 9.13 Å². The Hall–Kier alpha value is -2.22. The van der Waals surface area contributed by atoms with Crippen molar-refractivity contribution in [2.75, 3.05) is 7.11 Å². The van der Waals surface area contributed by atoms with Crippen LogP contribution in [0.25, 0.3) is 11.0 Å². The van der Waals surface area contributed by atoms with E-state index >= 15 is 0 Å². The van der Waals surface area contributed by atoms with Crippen molar-refractivity contribution in [3.63, 3.8) is 0 Å². The van der Waals surface area contributed by atoms with Gasteiger partial charge in [-0.1, -0.05) is 5.21 Å². The number of methoxy groups -OCH3 is 1.